The van der Waals surface area contributed by atoms with Crippen molar-refractivity contribution in [1.82, 2.24) is 0 Å². The van der Waals surface area contributed by atoms with Crippen LogP contribution in [-0.2, 0) is 12.8 Å². The molecule has 0 saturated carbocycles. The maximum absolute atomic E-state index is 10.00. The Bertz CT molecular complexity index is 396. The second-order valence-corrected chi connectivity index (χ2v) is 6.08. The largest absolute Gasteiger partial charge is 0.655 e. The van der Waals surface area contributed by atoms with Crippen LogP contribution in [0, 0.1) is 0 Å². The van der Waals surface area contributed by atoms with E-state index in [1.807, 2.05) is 32.9 Å². The summed E-state index contributed by atoms with van der Waals surface area (Å²) in [5.41, 5.74) is 1.90. The minimum absolute atomic E-state index is 0.108. The lowest BCUT2D eigenvalue weighted by molar-refractivity contribution is 0.186. The van der Waals surface area contributed by atoms with Gasteiger partial charge in [0.15, 0.2) is 0 Å². The lowest BCUT2D eigenvalue weighted by Crippen LogP contribution is -2.22. The zero-order valence-electron chi connectivity index (χ0n) is 12.5. The molecule has 1 aromatic carbocycles. The number of hydrogen-bond donors (Lipinski definition) is 2. The van der Waals surface area contributed by atoms with Crippen LogP contribution in [-0.4, -0.2) is 28.4 Å². The summed E-state index contributed by atoms with van der Waals surface area (Å²) in [5.74, 6) is 0.347. The molecule has 2 N–H and O–H groups in total. The van der Waals surface area contributed by atoms with E-state index in [1.165, 1.54) is 0 Å². The van der Waals surface area contributed by atoms with Gasteiger partial charge < -0.3 is 15.5 Å². The molecule has 0 heterocycles. The van der Waals surface area contributed by atoms with E-state index >= 15 is 0 Å². The third-order valence-electron chi connectivity index (χ3n) is 2.91. The Hall–Kier alpha value is -1.06. The molecule has 0 bridgehead atoms. The number of rotatable bonds is 6. The molecule has 3 heteroatoms. The number of phenolic OH excluding ortho intramolecular Hbond substituents is 1. The van der Waals surface area contributed by atoms with E-state index in [9.17, 15) is 10.2 Å². The van der Waals surface area contributed by atoms with Crippen LogP contribution in [0.25, 0.3) is 5.32 Å². The van der Waals surface area contributed by atoms with Crippen molar-refractivity contribution in [3.63, 3.8) is 0 Å². The van der Waals surface area contributed by atoms with Crippen molar-refractivity contribution in [1.29, 1.82) is 0 Å². The maximum Gasteiger partial charge on any atom is 0.118 e. The highest BCUT2D eigenvalue weighted by Crippen LogP contribution is 2.21. The van der Waals surface area contributed by atoms with E-state index < -0.39 is 6.10 Å². The zero-order valence-corrected chi connectivity index (χ0v) is 12.5. The molecule has 0 spiro atoms. The summed E-state index contributed by atoms with van der Waals surface area (Å²) >= 11 is 0. The Labute approximate surface area is 116 Å². The Balaban J connectivity index is 2.59. The molecule has 0 aliphatic carbocycles. The van der Waals surface area contributed by atoms with Crippen LogP contribution in [0.4, 0.5) is 0 Å². The van der Waals surface area contributed by atoms with Crippen LogP contribution < -0.4 is 0 Å². The summed E-state index contributed by atoms with van der Waals surface area (Å²) in [7, 11) is 0. The summed E-state index contributed by atoms with van der Waals surface area (Å²) in [6.07, 6.45) is 1.98. The van der Waals surface area contributed by atoms with Gasteiger partial charge >= 0.3 is 0 Å². The van der Waals surface area contributed by atoms with Gasteiger partial charge in [-0.2, -0.15) is 0 Å². The average Bonchev–Trinajstić information content (AvgIpc) is 2.30. The van der Waals surface area contributed by atoms with Gasteiger partial charge in [0.2, 0.25) is 0 Å². The average molecular weight is 264 g/mol. The van der Waals surface area contributed by atoms with Crippen LogP contribution in [0.15, 0.2) is 18.2 Å². The van der Waals surface area contributed by atoms with Crippen LogP contribution in [0.3, 0.4) is 0 Å². The molecule has 0 radical (unpaired) electrons. The molecule has 0 fully saturated rings. The molecule has 108 valence electrons. The molecular weight excluding hydrogens is 238 g/mol. The molecule has 1 rings (SSSR count). The topological polar surface area (TPSA) is 54.6 Å². The van der Waals surface area contributed by atoms with Gasteiger partial charge in [0.05, 0.1) is 0 Å². The summed E-state index contributed by atoms with van der Waals surface area (Å²) in [6, 6.07) is 5.57. The lowest BCUT2D eigenvalue weighted by atomic mass is 10.0. The lowest BCUT2D eigenvalue weighted by Gasteiger charge is -2.38. The van der Waals surface area contributed by atoms with E-state index in [4.69, 9.17) is 0 Å². The second kappa shape index (κ2) is 6.92. The quantitative estimate of drug-likeness (QED) is 0.827. The number of aliphatic hydroxyl groups excluding tert-OH is 1. The number of nitrogens with zero attached hydrogens (tertiary/aromatic N) is 1. The predicted octanol–water partition coefficient (Wildman–Crippen LogP) is 3.42. The molecule has 1 aromatic rings. The minimum atomic E-state index is -0.460. The number of aliphatic hydroxyl groups is 1. The molecule has 19 heavy (non-hydrogen) atoms. The van der Waals surface area contributed by atoms with Crippen LogP contribution >= 0.6 is 0 Å². The van der Waals surface area contributed by atoms with Crippen molar-refractivity contribution >= 4 is 0 Å². The van der Waals surface area contributed by atoms with Gasteiger partial charge in [-0.3, -0.25) is 0 Å². The van der Waals surface area contributed by atoms with E-state index in [2.05, 4.69) is 12.2 Å². The van der Waals surface area contributed by atoms with E-state index in [-0.39, 0.29) is 5.54 Å². The first-order valence-corrected chi connectivity index (χ1v) is 6.99. The predicted molar refractivity (Wildman–Crippen MR) is 79.8 cm³/mol. The maximum atomic E-state index is 10.00. The van der Waals surface area contributed by atoms with Gasteiger partial charge in [-0.25, -0.2) is 0 Å². The number of benzene rings is 1. The molecule has 0 saturated heterocycles. The van der Waals surface area contributed by atoms with Crippen molar-refractivity contribution in [2.75, 3.05) is 6.54 Å². The number of aromatic hydroxyl groups is 1. The van der Waals surface area contributed by atoms with Gasteiger partial charge in [0.25, 0.3) is 0 Å². The second-order valence-electron chi connectivity index (χ2n) is 6.08. The van der Waals surface area contributed by atoms with Crippen LogP contribution in [0.1, 0.15) is 45.2 Å². The summed E-state index contributed by atoms with van der Waals surface area (Å²) in [6.45, 7) is 8.62. The number of hydrogen-bond acceptors (Lipinski definition) is 2. The highest BCUT2D eigenvalue weighted by molar-refractivity contribution is 5.36. The van der Waals surface area contributed by atoms with E-state index in [0.717, 1.165) is 24.0 Å². The summed E-state index contributed by atoms with van der Waals surface area (Å²) in [4.78, 5) is 0. The molecule has 1 atom stereocenters. The van der Waals surface area contributed by atoms with Crippen molar-refractivity contribution in [3.8, 4) is 5.75 Å². The molecule has 0 amide bonds. The first-order chi connectivity index (χ1) is 8.81. The Morgan fingerprint density at radius 2 is 1.95 bits per heavy atom. The zero-order chi connectivity index (χ0) is 14.5. The highest BCUT2D eigenvalue weighted by atomic mass is 16.3. The fourth-order valence-electron chi connectivity index (χ4n) is 1.95. The third-order valence-corrected chi connectivity index (χ3v) is 2.91. The normalized spacial score (nSPS) is 13.5. The van der Waals surface area contributed by atoms with Gasteiger partial charge in [0, 0.05) is 6.10 Å². The Kier molecular flexibility index (Phi) is 5.83. The van der Waals surface area contributed by atoms with Crippen molar-refractivity contribution in [3.05, 3.63) is 34.6 Å². The first kappa shape index (κ1) is 16.0. The molecule has 3 nitrogen and oxygen atoms in total. The SMILES string of the molecule is CCCc1cc(CC(O)C[N-]C(C)(C)C)ccc1O. The Morgan fingerprint density at radius 3 is 2.53 bits per heavy atom. The molecular formula is C16H26NO2-. The smallest absolute Gasteiger partial charge is 0.118 e. The molecule has 1 unspecified atom stereocenters. The molecule has 0 aliphatic rings. The highest BCUT2D eigenvalue weighted by Gasteiger charge is 2.07. The Morgan fingerprint density at radius 1 is 1.26 bits per heavy atom. The molecule has 0 aromatic heterocycles. The van der Waals surface area contributed by atoms with Gasteiger partial charge in [0.1, 0.15) is 5.75 Å². The third kappa shape index (κ3) is 6.08. The number of phenols is 1. The van der Waals surface area contributed by atoms with E-state index in [0.29, 0.717) is 18.7 Å². The van der Waals surface area contributed by atoms with Gasteiger partial charge in [-0.15, -0.1) is 12.1 Å². The van der Waals surface area contributed by atoms with Crippen molar-refractivity contribution in [2.45, 2.75) is 58.6 Å². The summed E-state index contributed by atoms with van der Waals surface area (Å²) in [5, 5.41) is 24.2. The van der Waals surface area contributed by atoms with Gasteiger partial charge in [-0.05, 0) is 30.0 Å². The number of aryl methyl sites for hydroxylation is 1. The summed E-state index contributed by atoms with van der Waals surface area (Å²) < 4.78 is 0. The van der Waals surface area contributed by atoms with Crippen molar-refractivity contribution < 1.29 is 10.2 Å². The van der Waals surface area contributed by atoms with Gasteiger partial charge in [-0.1, -0.05) is 46.2 Å². The van der Waals surface area contributed by atoms with Crippen LogP contribution in [0.5, 0.6) is 5.75 Å². The molecule has 0 aliphatic heterocycles. The van der Waals surface area contributed by atoms with Crippen LogP contribution in [0.2, 0.25) is 0 Å². The fraction of sp³-hybridized carbons (Fsp3) is 0.625. The fourth-order valence-corrected chi connectivity index (χ4v) is 1.95. The first-order valence-electron chi connectivity index (χ1n) is 6.99. The monoisotopic (exact) mass is 264 g/mol. The van der Waals surface area contributed by atoms with Crippen molar-refractivity contribution in [2.24, 2.45) is 0 Å². The standard InChI is InChI=1S/C16H26NO2/c1-5-6-13-9-12(7-8-15(13)19)10-14(18)11-17-16(2,3)4/h7-9,14,18-19H,5-6,10-11H2,1-4H3/q-1. The van der Waals surface area contributed by atoms with E-state index in [1.54, 1.807) is 6.07 Å². The minimum Gasteiger partial charge on any atom is -0.655 e.